The topological polar surface area (TPSA) is 97.4 Å². The van der Waals surface area contributed by atoms with Crippen LogP contribution in [0.5, 0.6) is 0 Å². The maximum absolute atomic E-state index is 14.9. The summed E-state index contributed by atoms with van der Waals surface area (Å²) < 4.78 is 5.34. The van der Waals surface area contributed by atoms with Gasteiger partial charge in [-0.1, -0.05) is 66.7 Å². The molecule has 1 N–H and O–H groups in total. The first-order valence-corrected chi connectivity index (χ1v) is 16.7. The van der Waals surface area contributed by atoms with Gasteiger partial charge in [-0.25, -0.2) is 14.6 Å². The van der Waals surface area contributed by atoms with Gasteiger partial charge in [-0.15, -0.1) is 0 Å². The van der Waals surface area contributed by atoms with E-state index in [2.05, 4.69) is 17.9 Å². The summed E-state index contributed by atoms with van der Waals surface area (Å²) >= 11 is 4.53. The second-order valence-electron chi connectivity index (χ2n) is 12.9. The van der Waals surface area contributed by atoms with Crippen LogP contribution in [0.3, 0.4) is 0 Å². The Morgan fingerprint density at radius 1 is 0.957 bits per heavy atom. The van der Waals surface area contributed by atoms with Gasteiger partial charge in [0.2, 0.25) is 0 Å². The molecule has 9 nitrogen and oxygen atoms in total. The minimum Gasteiger partial charge on any atom is -0.444 e. The molecule has 1 aliphatic heterocycles. The first kappa shape index (κ1) is 36.0. The number of amides is 3. The number of rotatable bonds is 13. The number of aryl methyl sites for hydroxylation is 1. The molecule has 4 rings (SSSR count). The van der Waals surface area contributed by atoms with Crippen molar-refractivity contribution in [1.82, 2.24) is 10.2 Å². The van der Waals surface area contributed by atoms with E-state index in [0.717, 1.165) is 11.1 Å². The van der Waals surface area contributed by atoms with Gasteiger partial charge in [-0.3, -0.25) is 9.59 Å². The molecule has 0 saturated heterocycles. The van der Waals surface area contributed by atoms with Gasteiger partial charge in [0.25, 0.3) is 11.8 Å². The quantitative estimate of drug-likeness (QED) is 0.0650. The number of hydrogen-bond acceptors (Lipinski definition) is 7. The summed E-state index contributed by atoms with van der Waals surface area (Å²) in [5, 5.41) is 2.37. The third-order valence-electron chi connectivity index (χ3n) is 7.74. The number of ether oxygens (including phenoxy) is 1. The first-order chi connectivity index (χ1) is 22.4. The monoisotopic (exact) mass is 661 g/mol. The third kappa shape index (κ3) is 9.37. The summed E-state index contributed by atoms with van der Waals surface area (Å²) in [7, 11) is 0. The number of nitrogens with one attached hydrogen (secondary N) is 1. The Labute approximate surface area is 283 Å². The normalized spacial score (nSPS) is 16.5. The lowest BCUT2D eigenvalue weighted by atomic mass is 9.97. The van der Waals surface area contributed by atoms with Gasteiger partial charge in [0.1, 0.15) is 18.2 Å². The van der Waals surface area contributed by atoms with E-state index in [1.54, 1.807) is 9.80 Å². The summed E-state index contributed by atoms with van der Waals surface area (Å²) in [6.07, 6.45) is 1.42. The molecule has 47 heavy (non-hydrogen) atoms. The Morgan fingerprint density at radius 2 is 1.62 bits per heavy atom. The highest BCUT2D eigenvalue weighted by atomic mass is 32.1. The van der Waals surface area contributed by atoms with Crippen molar-refractivity contribution in [2.24, 2.45) is 0 Å². The van der Waals surface area contributed by atoms with Crippen molar-refractivity contribution >= 4 is 36.2 Å². The fourth-order valence-electron chi connectivity index (χ4n) is 5.76. The maximum atomic E-state index is 14.9. The van der Waals surface area contributed by atoms with Crippen molar-refractivity contribution in [3.05, 3.63) is 101 Å². The zero-order valence-corrected chi connectivity index (χ0v) is 29.0. The van der Waals surface area contributed by atoms with Gasteiger partial charge >= 0.3 is 6.09 Å². The average molecular weight is 662 g/mol. The van der Waals surface area contributed by atoms with Crippen molar-refractivity contribution in [1.29, 1.82) is 0 Å². The van der Waals surface area contributed by atoms with E-state index in [1.165, 1.54) is 0 Å². The smallest absolute Gasteiger partial charge is 0.408 e. The highest BCUT2D eigenvalue weighted by molar-refractivity contribution is 7.80. The molecule has 0 fully saturated rings. The van der Waals surface area contributed by atoms with E-state index in [0.29, 0.717) is 42.7 Å². The third-order valence-corrected chi connectivity index (χ3v) is 8.13. The molecule has 252 valence electrons. The number of carbonyl (C=O) groups is 3. The number of anilines is 1. The molecule has 3 aromatic carbocycles. The highest BCUT2D eigenvalue weighted by Gasteiger charge is 2.45. The number of benzene rings is 3. The molecule has 3 unspecified atom stereocenters. The number of fused-ring (bicyclic) bond motifs is 1. The Kier molecular flexibility index (Phi) is 12.5. The minimum absolute atomic E-state index is 0.0326. The zero-order chi connectivity index (χ0) is 34.1. The SMILES string of the molecule is CCOOCC(c1ccccc1)N1C(=O)c2cc(CCCC(S)NC(=O)OC(C)(C)C)ccc2N(C(C)C)C(=O)C1c1ccccc1. The van der Waals surface area contributed by atoms with Gasteiger partial charge < -0.3 is 19.9 Å². The van der Waals surface area contributed by atoms with Gasteiger partial charge in [-0.05, 0) is 89.6 Å². The molecule has 1 aliphatic rings. The van der Waals surface area contributed by atoms with E-state index in [-0.39, 0.29) is 29.8 Å². The van der Waals surface area contributed by atoms with Crippen LogP contribution in [-0.4, -0.2) is 53.0 Å². The van der Waals surface area contributed by atoms with Gasteiger partial charge in [0, 0.05) is 6.04 Å². The predicted molar refractivity (Wildman–Crippen MR) is 186 cm³/mol. The van der Waals surface area contributed by atoms with Crippen LogP contribution in [0.25, 0.3) is 0 Å². The Bertz CT molecular complexity index is 1490. The first-order valence-electron chi connectivity index (χ1n) is 16.2. The zero-order valence-electron chi connectivity index (χ0n) is 28.1. The second-order valence-corrected chi connectivity index (χ2v) is 13.5. The lowest BCUT2D eigenvalue weighted by molar-refractivity contribution is -0.298. The van der Waals surface area contributed by atoms with Crippen molar-refractivity contribution in [3.63, 3.8) is 0 Å². The van der Waals surface area contributed by atoms with Crippen LogP contribution in [0.2, 0.25) is 0 Å². The van der Waals surface area contributed by atoms with Gasteiger partial charge in [0.15, 0.2) is 0 Å². The predicted octanol–water partition coefficient (Wildman–Crippen LogP) is 7.44. The van der Waals surface area contributed by atoms with Crippen molar-refractivity contribution < 1.29 is 28.9 Å². The molecule has 0 aromatic heterocycles. The second kappa shape index (κ2) is 16.3. The van der Waals surface area contributed by atoms with Crippen molar-refractivity contribution in [3.8, 4) is 0 Å². The minimum atomic E-state index is -0.916. The summed E-state index contributed by atoms with van der Waals surface area (Å²) in [4.78, 5) is 56.1. The highest BCUT2D eigenvalue weighted by Crippen LogP contribution is 2.41. The molecule has 3 aromatic rings. The van der Waals surface area contributed by atoms with Crippen LogP contribution in [0, 0.1) is 0 Å². The number of nitrogens with zero attached hydrogens (tertiary/aromatic N) is 2. The molecule has 0 aliphatic carbocycles. The average Bonchev–Trinajstić information content (AvgIpc) is 3.11. The van der Waals surface area contributed by atoms with Gasteiger partial charge in [-0.2, -0.15) is 12.6 Å². The molecule has 0 radical (unpaired) electrons. The fourth-order valence-corrected chi connectivity index (χ4v) is 6.05. The molecule has 3 atom stereocenters. The molecule has 0 spiro atoms. The number of alkyl carbamates (subject to hydrolysis) is 1. The number of thiol groups is 1. The summed E-state index contributed by atoms with van der Waals surface area (Å²) in [5.41, 5.74) is 2.87. The van der Waals surface area contributed by atoms with E-state index in [9.17, 15) is 14.4 Å². The van der Waals surface area contributed by atoms with E-state index >= 15 is 0 Å². The molecule has 1 heterocycles. The van der Waals surface area contributed by atoms with Crippen LogP contribution < -0.4 is 10.2 Å². The molecule has 10 heteroatoms. The van der Waals surface area contributed by atoms with Gasteiger partial charge in [0.05, 0.1) is 29.3 Å². The summed E-state index contributed by atoms with van der Waals surface area (Å²) in [6.45, 7) is 11.5. The van der Waals surface area contributed by atoms with Crippen LogP contribution in [0.1, 0.15) is 93.5 Å². The van der Waals surface area contributed by atoms with E-state index in [1.807, 2.05) is 120 Å². The fraction of sp³-hybridized carbons (Fsp3) is 0.432. The molecular weight excluding hydrogens is 614 g/mol. The van der Waals surface area contributed by atoms with Crippen LogP contribution in [-0.2, 0) is 25.7 Å². The number of carbonyl (C=O) groups excluding carboxylic acids is 3. The van der Waals surface area contributed by atoms with Crippen LogP contribution in [0.15, 0.2) is 78.9 Å². The van der Waals surface area contributed by atoms with Crippen LogP contribution >= 0.6 is 12.6 Å². The lowest BCUT2D eigenvalue weighted by Crippen LogP contribution is -2.47. The molecule has 0 saturated carbocycles. The summed E-state index contributed by atoms with van der Waals surface area (Å²) in [5.74, 6) is -0.477. The molecular formula is C37H47N3O6S. The van der Waals surface area contributed by atoms with Crippen LogP contribution in [0.4, 0.5) is 10.5 Å². The van der Waals surface area contributed by atoms with E-state index < -0.39 is 23.8 Å². The molecule has 3 amide bonds. The summed E-state index contributed by atoms with van der Waals surface area (Å²) in [6, 6.07) is 23.0. The molecule has 0 bridgehead atoms. The standard InChI is InChI=1S/C37H47N3O6S/c1-7-44-45-24-31(27-16-10-8-11-17-27)40-33(28-18-12-9-13-19-28)35(42)39(25(2)3)30-22-21-26(23-29(30)34(40)41)15-14-20-32(47)38-36(43)46-37(4,5)6/h8-13,16-19,21-23,25,31-33,47H,7,14-15,20,24H2,1-6H3,(H,38,43). The largest absolute Gasteiger partial charge is 0.444 e. The van der Waals surface area contributed by atoms with E-state index in [4.69, 9.17) is 14.5 Å². The Balaban J connectivity index is 1.72. The lowest BCUT2D eigenvalue weighted by Gasteiger charge is -2.37. The van der Waals surface area contributed by atoms with Crippen molar-refractivity contribution in [2.45, 2.75) is 89.9 Å². The Morgan fingerprint density at radius 3 is 2.23 bits per heavy atom. The maximum Gasteiger partial charge on any atom is 0.408 e. The van der Waals surface area contributed by atoms with Crippen molar-refractivity contribution in [2.75, 3.05) is 18.1 Å². The Hall–Kier alpha value is -3.86. The number of hydrogen-bond donors (Lipinski definition) is 2.